The van der Waals surface area contributed by atoms with Crippen LogP contribution in [-0.4, -0.2) is 18.1 Å². The molecule has 5 atom stereocenters. The largest absolute Gasteiger partial charge is 0.456 e. The molecule has 5 nitrogen and oxygen atoms in total. The third-order valence-corrected chi connectivity index (χ3v) is 9.62. The molecule has 0 aromatic heterocycles. The van der Waals surface area contributed by atoms with Crippen molar-refractivity contribution >= 4 is 23.0 Å². The number of rotatable bonds is 3. The Morgan fingerprint density at radius 1 is 0.750 bits per heavy atom. The Bertz CT molecular complexity index is 1630. The minimum atomic E-state index is -1.10. The molecule has 3 aliphatic rings. The number of hydrogen-bond acceptors (Lipinski definition) is 5. The van der Waals surface area contributed by atoms with Crippen molar-refractivity contribution in [2.75, 3.05) is 10.2 Å². The number of carbonyl (C=O) groups excluding carboxylic acids is 1. The van der Waals surface area contributed by atoms with Crippen LogP contribution in [0, 0.1) is 18.8 Å². The van der Waals surface area contributed by atoms with E-state index in [1.807, 2.05) is 54.6 Å². The van der Waals surface area contributed by atoms with Gasteiger partial charge in [0, 0.05) is 51.9 Å². The standard InChI is InChI=1S/C35H34N2O3/c1-20-17-32-30(19-31(20)36-25-11-7-6-8-12-25)35(28-14-10-9-13-27(28)34(38)40-35)29-16-15-26(18-33(29)39-32)37-23(4)21(2)22(3)24(37)5/h6-19,21-24,36H,1-5H3. The highest BCUT2D eigenvalue weighted by Crippen LogP contribution is 2.57. The first kappa shape index (κ1) is 24.8. The van der Waals surface area contributed by atoms with Gasteiger partial charge in [-0.3, -0.25) is 0 Å². The number of nitrogens with one attached hydrogen (secondary N) is 1. The fourth-order valence-electron chi connectivity index (χ4n) is 7.01. The molecule has 0 radical (unpaired) electrons. The van der Waals surface area contributed by atoms with Crippen LogP contribution in [0.1, 0.15) is 60.3 Å². The molecular formula is C35H34N2O3. The van der Waals surface area contributed by atoms with E-state index >= 15 is 0 Å². The van der Waals surface area contributed by atoms with Gasteiger partial charge in [-0.2, -0.15) is 0 Å². The number of carbonyl (C=O) groups is 1. The Labute approximate surface area is 235 Å². The summed E-state index contributed by atoms with van der Waals surface area (Å²) in [5.41, 5.74) is 6.10. The number of aryl methyl sites for hydroxylation is 1. The third-order valence-electron chi connectivity index (χ3n) is 9.62. The number of nitrogens with zero attached hydrogens (tertiary/aromatic N) is 1. The maximum Gasteiger partial charge on any atom is 0.340 e. The molecule has 0 bridgehead atoms. The fraction of sp³-hybridized carbons (Fsp3) is 0.286. The van der Waals surface area contributed by atoms with Crippen molar-refractivity contribution < 1.29 is 14.3 Å². The van der Waals surface area contributed by atoms with Gasteiger partial charge in [0.1, 0.15) is 11.5 Å². The SMILES string of the molecule is Cc1cc2c(cc1Nc1ccccc1)C1(OC(=O)c3ccccc31)c1ccc(N3C(C)C(C)C(C)C3C)cc1O2. The predicted molar refractivity (Wildman–Crippen MR) is 159 cm³/mol. The summed E-state index contributed by atoms with van der Waals surface area (Å²) in [5.74, 6) is 2.28. The minimum absolute atomic E-state index is 0.318. The van der Waals surface area contributed by atoms with E-state index in [1.165, 1.54) is 0 Å². The first-order valence-corrected chi connectivity index (χ1v) is 14.2. The average molecular weight is 531 g/mol. The topological polar surface area (TPSA) is 50.8 Å². The van der Waals surface area contributed by atoms with Crippen molar-refractivity contribution in [3.05, 3.63) is 113 Å². The molecule has 5 heteroatoms. The minimum Gasteiger partial charge on any atom is -0.456 e. The van der Waals surface area contributed by atoms with Gasteiger partial charge in [0.2, 0.25) is 0 Å². The molecule has 0 amide bonds. The van der Waals surface area contributed by atoms with Crippen LogP contribution in [0.2, 0.25) is 0 Å². The van der Waals surface area contributed by atoms with Crippen molar-refractivity contribution in [1.29, 1.82) is 0 Å². The lowest BCUT2D eigenvalue weighted by Gasteiger charge is -2.38. The van der Waals surface area contributed by atoms with Crippen molar-refractivity contribution in [3.63, 3.8) is 0 Å². The lowest BCUT2D eigenvalue weighted by Crippen LogP contribution is -2.36. The van der Waals surface area contributed by atoms with Crippen molar-refractivity contribution in [1.82, 2.24) is 0 Å². The first-order valence-electron chi connectivity index (χ1n) is 14.2. The van der Waals surface area contributed by atoms with E-state index in [0.717, 1.165) is 45.1 Å². The molecule has 4 aromatic carbocycles. The quantitative estimate of drug-likeness (QED) is 0.271. The number of esters is 1. The van der Waals surface area contributed by atoms with E-state index < -0.39 is 5.60 Å². The van der Waals surface area contributed by atoms with Gasteiger partial charge in [-0.1, -0.05) is 50.2 Å². The van der Waals surface area contributed by atoms with Crippen LogP contribution in [0.25, 0.3) is 0 Å². The molecule has 40 heavy (non-hydrogen) atoms. The van der Waals surface area contributed by atoms with Crippen LogP contribution in [0.3, 0.4) is 0 Å². The number of anilines is 3. The lowest BCUT2D eigenvalue weighted by atomic mass is 9.77. The molecule has 0 saturated carbocycles. The summed E-state index contributed by atoms with van der Waals surface area (Å²) in [6.07, 6.45) is 0. The fourth-order valence-corrected chi connectivity index (χ4v) is 7.01. The molecule has 1 saturated heterocycles. The van der Waals surface area contributed by atoms with Crippen molar-refractivity contribution in [2.45, 2.75) is 52.3 Å². The smallest absolute Gasteiger partial charge is 0.340 e. The molecule has 4 aromatic rings. The van der Waals surface area contributed by atoms with Gasteiger partial charge in [0.15, 0.2) is 5.60 Å². The van der Waals surface area contributed by atoms with Crippen LogP contribution >= 0.6 is 0 Å². The Morgan fingerprint density at radius 2 is 1.43 bits per heavy atom. The number of ether oxygens (including phenoxy) is 2. The summed E-state index contributed by atoms with van der Waals surface area (Å²) in [6.45, 7) is 11.4. The van der Waals surface area contributed by atoms with Crippen LogP contribution < -0.4 is 15.0 Å². The van der Waals surface area contributed by atoms with E-state index in [-0.39, 0.29) is 5.97 Å². The second kappa shape index (κ2) is 8.88. The van der Waals surface area contributed by atoms with Gasteiger partial charge in [-0.25, -0.2) is 4.79 Å². The summed E-state index contributed by atoms with van der Waals surface area (Å²) in [4.78, 5) is 15.9. The van der Waals surface area contributed by atoms with Crippen LogP contribution in [-0.2, 0) is 10.3 Å². The number of fused-ring (bicyclic) bond motifs is 6. The van der Waals surface area contributed by atoms with Crippen LogP contribution in [0.15, 0.2) is 84.9 Å². The Kier molecular flexibility index (Phi) is 5.50. The average Bonchev–Trinajstić information content (AvgIpc) is 3.36. The van der Waals surface area contributed by atoms with E-state index in [2.05, 4.69) is 75.2 Å². The normalized spacial score (nSPS) is 26.1. The highest BCUT2D eigenvalue weighted by Gasteiger charge is 2.54. The Balaban J connectivity index is 1.42. The summed E-state index contributed by atoms with van der Waals surface area (Å²) >= 11 is 0. The molecule has 3 aliphatic heterocycles. The summed E-state index contributed by atoms with van der Waals surface area (Å²) in [7, 11) is 0. The summed E-state index contributed by atoms with van der Waals surface area (Å²) in [6, 6.07) is 29.2. The lowest BCUT2D eigenvalue weighted by molar-refractivity contribution is 0.0224. The zero-order valence-electron chi connectivity index (χ0n) is 23.6. The molecule has 0 aliphatic carbocycles. The summed E-state index contributed by atoms with van der Waals surface area (Å²) < 4.78 is 13.1. The second-order valence-corrected chi connectivity index (χ2v) is 11.7. The van der Waals surface area contributed by atoms with E-state index in [1.54, 1.807) is 0 Å². The van der Waals surface area contributed by atoms with Gasteiger partial charge in [0.05, 0.1) is 5.56 Å². The monoisotopic (exact) mass is 530 g/mol. The Hall–Kier alpha value is -4.25. The Morgan fingerprint density at radius 3 is 2.17 bits per heavy atom. The number of benzene rings is 4. The maximum absolute atomic E-state index is 13.3. The van der Waals surface area contributed by atoms with Crippen LogP contribution in [0.5, 0.6) is 11.5 Å². The van der Waals surface area contributed by atoms with Gasteiger partial charge in [-0.05, 0) is 80.6 Å². The second-order valence-electron chi connectivity index (χ2n) is 11.7. The molecule has 1 fully saturated rings. The molecular weight excluding hydrogens is 496 g/mol. The summed E-state index contributed by atoms with van der Waals surface area (Å²) in [5, 5.41) is 3.55. The van der Waals surface area contributed by atoms with Gasteiger partial charge in [-0.15, -0.1) is 0 Å². The molecule has 1 spiro atoms. The first-order chi connectivity index (χ1) is 19.3. The number of hydrogen-bond donors (Lipinski definition) is 1. The van der Waals surface area contributed by atoms with E-state index in [4.69, 9.17) is 9.47 Å². The van der Waals surface area contributed by atoms with Gasteiger partial charge < -0.3 is 19.7 Å². The highest BCUT2D eigenvalue weighted by atomic mass is 16.6. The molecule has 3 heterocycles. The predicted octanol–water partition coefficient (Wildman–Crippen LogP) is 8.18. The molecule has 1 N–H and O–H groups in total. The van der Waals surface area contributed by atoms with Gasteiger partial charge >= 0.3 is 5.97 Å². The highest BCUT2D eigenvalue weighted by molar-refractivity contribution is 5.97. The zero-order chi connectivity index (χ0) is 27.8. The van der Waals surface area contributed by atoms with E-state index in [0.29, 0.717) is 35.2 Å². The van der Waals surface area contributed by atoms with Crippen LogP contribution in [0.4, 0.5) is 17.1 Å². The molecule has 7 rings (SSSR count). The molecule has 202 valence electrons. The van der Waals surface area contributed by atoms with Gasteiger partial charge in [0.25, 0.3) is 0 Å². The molecule has 5 unspecified atom stereocenters. The number of para-hydroxylation sites is 1. The third kappa shape index (κ3) is 3.43. The maximum atomic E-state index is 13.3. The van der Waals surface area contributed by atoms with E-state index in [9.17, 15) is 4.79 Å². The van der Waals surface area contributed by atoms with Crippen molar-refractivity contribution in [3.8, 4) is 11.5 Å². The zero-order valence-corrected chi connectivity index (χ0v) is 23.6. The van der Waals surface area contributed by atoms with Crippen molar-refractivity contribution in [2.24, 2.45) is 11.8 Å².